The van der Waals surface area contributed by atoms with Crippen LogP contribution in [0.4, 0.5) is 10.5 Å². The zero-order chi connectivity index (χ0) is 20.1. The van der Waals surface area contributed by atoms with E-state index in [9.17, 15) is 14.4 Å². The molecule has 2 N–H and O–H groups in total. The quantitative estimate of drug-likeness (QED) is 0.645. The van der Waals surface area contributed by atoms with Crippen LogP contribution in [0.2, 0.25) is 0 Å². The number of imide groups is 1. The van der Waals surface area contributed by atoms with Gasteiger partial charge in [-0.3, -0.25) is 20.2 Å². The summed E-state index contributed by atoms with van der Waals surface area (Å²) in [6.45, 7) is 5.32. The first-order valence-electron chi connectivity index (χ1n) is 8.98. The average molecular weight is 384 g/mol. The molecule has 2 aromatic heterocycles. The van der Waals surface area contributed by atoms with Gasteiger partial charge in [-0.05, 0) is 33.3 Å². The Morgan fingerprint density at radius 3 is 2.79 bits per heavy atom. The van der Waals surface area contributed by atoms with Gasteiger partial charge in [0.2, 0.25) is 11.8 Å². The summed E-state index contributed by atoms with van der Waals surface area (Å²) in [5, 5.41) is 6.49. The molecule has 0 saturated carbocycles. The van der Waals surface area contributed by atoms with Gasteiger partial charge in [0.05, 0.1) is 24.1 Å². The summed E-state index contributed by atoms with van der Waals surface area (Å²) in [6, 6.07) is 3.39. The molecule has 3 aromatic rings. The van der Waals surface area contributed by atoms with Crippen molar-refractivity contribution in [3.05, 3.63) is 30.2 Å². The van der Waals surface area contributed by atoms with Crippen LogP contribution in [-0.2, 0) is 14.3 Å². The van der Waals surface area contributed by atoms with Gasteiger partial charge in [-0.2, -0.15) is 0 Å². The summed E-state index contributed by atoms with van der Waals surface area (Å²) >= 11 is 0. The highest BCUT2D eigenvalue weighted by molar-refractivity contribution is 6.14. The summed E-state index contributed by atoms with van der Waals surface area (Å²) in [6.07, 6.45) is 3.11. The van der Waals surface area contributed by atoms with E-state index in [1.54, 1.807) is 32.9 Å². The van der Waals surface area contributed by atoms with Gasteiger partial charge in [0.1, 0.15) is 11.2 Å². The minimum absolute atomic E-state index is 0.272. The molecular weight excluding hydrogens is 364 g/mol. The second-order valence-corrected chi connectivity index (χ2v) is 7.78. The van der Waals surface area contributed by atoms with E-state index in [4.69, 9.17) is 13.6 Å². The van der Waals surface area contributed by atoms with Crippen LogP contribution in [0.5, 0.6) is 0 Å². The standard InChI is InChI=1S/C20H20N2O6/c1-20(2,3)28-19(25)21-13-8-14-16(11-6-7-26-17(11)13)12(9-27-14)10-4-5-15(23)22-18(10)24/h6-10H,4-5H2,1-3H3,(H,21,25)(H,22,23,24). The number of piperidine rings is 1. The monoisotopic (exact) mass is 384 g/mol. The number of benzene rings is 1. The summed E-state index contributed by atoms with van der Waals surface area (Å²) in [5.41, 5.74) is 1.41. The topological polar surface area (TPSA) is 111 Å². The maximum absolute atomic E-state index is 12.3. The lowest BCUT2D eigenvalue weighted by Gasteiger charge is -2.20. The molecule has 1 saturated heterocycles. The zero-order valence-electron chi connectivity index (χ0n) is 15.8. The fraction of sp³-hybridized carbons (Fsp3) is 0.350. The molecule has 28 heavy (non-hydrogen) atoms. The van der Waals surface area contributed by atoms with Crippen molar-refractivity contribution in [2.24, 2.45) is 0 Å². The summed E-state index contributed by atoms with van der Waals surface area (Å²) < 4.78 is 16.6. The van der Waals surface area contributed by atoms with Gasteiger partial charge in [0.25, 0.3) is 0 Å². The van der Waals surface area contributed by atoms with Gasteiger partial charge < -0.3 is 13.6 Å². The van der Waals surface area contributed by atoms with Crippen LogP contribution in [0.15, 0.2) is 33.5 Å². The number of amides is 3. The van der Waals surface area contributed by atoms with Crippen LogP contribution in [0.3, 0.4) is 0 Å². The summed E-state index contributed by atoms with van der Waals surface area (Å²) in [4.78, 5) is 35.9. The van der Waals surface area contributed by atoms with Crippen molar-refractivity contribution >= 4 is 45.5 Å². The minimum Gasteiger partial charge on any atom is -0.464 e. The number of rotatable bonds is 2. The number of hydrogen-bond acceptors (Lipinski definition) is 6. The molecule has 8 nitrogen and oxygen atoms in total. The van der Waals surface area contributed by atoms with E-state index < -0.39 is 17.6 Å². The van der Waals surface area contributed by atoms with Gasteiger partial charge in [-0.15, -0.1) is 0 Å². The first-order chi connectivity index (χ1) is 13.2. The van der Waals surface area contributed by atoms with Crippen molar-refractivity contribution in [2.45, 2.75) is 45.1 Å². The number of nitrogens with one attached hydrogen (secondary N) is 2. The molecule has 3 heterocycles. The van der Waals surface area contributed by atoms with Crippen molar-refractivity contribution in [3.63, 3.8) is 0 Å². The average Bonchev–Trinajstić information content (AvgIpc) is 3.19. The zero-order valence-corrected chi connectivity index (χ0v) is 15.8. The highest BCUT2D eigenvalue weighted by Gasteiger charge is 2.31. The second-order valence-electron chi connectivity index (χ2n) is 7.78. The fourth-order valence-corrected chi connectivity index (χ4v) is 3.45. The fourth-order valence-electron chi connectivity index (χ4n) is 3.45. The van der Waals surface area contributed by atoms with Crippen molar-refractivity contribution in [1.82, 2.24) is 5.32 Å². The normalized spacial score (nSPS) is 17.8. The predicted octanol–water partition coefficient (Wildman–Crippen LogP) is 4.05. The maximum atomic E-state index is 12.3. The Labute approximate surface area is 160 Å². The SMILES string of the molecule is CC(C)(C)OC(=O)Nc1cc2occ(C3CCC(=O)NC3=O)c2c2ccoc12. The third-order valence-corrected chi connectivity index (χ3v) is 4.55. The smallest absolute Gasteiger partial charge is 0.412 e. The minimum atomic E-state index is -0.639. The molecular formula is C20H20N2O6. The van der Waals surface area contributed by atoms with Crippen LogP contribution in [0.25, 0.3) is 21.9 Å². The molecule has 0 aliphatic carbocycles. The van der Waals surface area contributed by atoms with Gasteiger partial charge in [-0.25, -0.2) is 4.79 Å². The molecule has 1 fully saturated rings. The maximum Gasteiger partial charge on any atom is 0.412 e. The number of carbonyl (C=O) groups excluding carboxylic acids is 3. The number of hydrogen-bond donors (Lipinski definition) is 2. The van der Waals surface area contributed by atoms with Gasteiger partial charge in [-0.1, -0.05) is 0 Å². The summed E-state index contributed by atoms with van der Waals surface area (Å²) in [5.74, 6) is -1.10. The molecule has 1 aromatic carbocycles. The molecule has 3 amide bonds. The van der Waals surface area contributed by atoms with Crippen molar-refractivity contribution in [1.29, 1.82) is 0 Å². The Morgan fingerprint density at radius 2 is 2.07 bits per heavy atom. The lowest BCUT2D eigenvalue weighted by atomic mass is 9.89. The highest BCUT2D eigenvalue weighted by Crippen LogP contribution is 2.40. The summed E-state index contributed by atoms with van der Waals surface area (Å²) in [7, 11) is 0. The van der Waals surface area contributed by atoms with Crippen molar-refractivity contribution < 1.29 is 28.0 Å². The molecule has 1 aliphatic rings. The number of carbonyl (C=O) groups is 3. The number of furan rings is 2. The van der Waals surface area contributed by atoms with Crippen LogP contribution >= 0.6 is 0 Å². The van der Waals surface area contributed by atoms with E-state index in [1.807, 2.05) is 0 Å². The van der Waals surface area contributed by atoms with Crippen molar-refractivity contribution in [3.8, 4) is 0 Å². The van der Waals surface area contributed by atoms with Gasteiger partial charge in [0, 0.05) is 28.8 Å². The molecule has 8 heteroatoms. The van der Waals surface area contributed by atoms with Crippen molar-refractivity contribution in [2.75, 3.05) is 5.32 Å². The van der Waals surface area contributed by atoms with Crippen LogP contribution < -0.4 is 10.6 Å². The van der Waals surface area contributed by atoms with Gasteiger partial charge >= 0.3 is 6.09 Å². The predicted molar refractivity (Wildman–Crippen MR) is 101 cm³/mol. The van der Waals surface area contributed by atoms with E-state index in [0.29, 0.717) is 34.2 Å². The Kier molecular flexibility index (Phi) is 4.14. The molecule has 1 atom stereocenters. The Hall–Kier alpha value is -3.29. The van der Waals surface area contributed by atoms with Crippen LogP contribution in [-0.4, -0.2) is 23.5 Å². The first kappa shape index (κ1) is 18.1. The first-order valence-corrected chi connectivity index (χ1v) is 8.98. The van der Waals surface area contributed by atoms with E-state index >= 15 is 0 Å². The molecule has 0 spiro atoms. The molecule has 0 radical (unpaired) electrons. The van der Waals surface area contributed by atoms with E-state index in [2.05, 4.69) is 10.6 Å². The van der Waals surface area contributed by atoms with Crippen LogP contribution in [0.1, 0.15) is 45.1 Å². The second kappa shape index (κ2) is 6.40. The molecule has 4 rings (SSSR count). The lowest BCUT2D eigenvalue weighted by Crippen LogP contribution is -2.39. The third-order valence-electron chi connectivity index (χ3n) is 4.55. The number of fused-ring (bicyclic) bond motifs is 3. The number of anilines is 1. The Bertz CT molecular complexity index is 1100. The van der Waals surface area contributed by atoms with Crippen LogP contribution in [0, 0.1) is 0 Å². The molecule has 1 aliphatic heterocycles. The Balaban J connectivity index is 1.76. The molecule has 0 bridgehead atoms. The van der Waals surface area contributed by atoms with E-state index in [0.717, 1.165) is 5.39 Å². The Morgan fingerprint density at radius 1 is 1.29 bits per heavy atom. The largest absolute Gasteiger partial charge is 0.464 e. The van der Waals surface area contributed by atoms with E-state index in [-0.39, 0.29) is 18.2 Å². The van der Waals surface area contributed by atoms with E-state index in [1.165, 1.54) is 12.5 Å². The highest BCUT2D eigenvalue weighted by atomic mass is 16.6. The number of ether oxygens (including phenoxy) is 1. The van der Waals surface area contributed by atoms with Gasteiger partial charge in [0.15, 0.2) is 5.58 Å². The molecule has 146 valence electrons. The molecule has 1 unspecified atom stereocenters. The lowest BCUT2D eigenvalue weighted by molar-refractivity contribution is -0.134. The third kappa shape index (κ3) is 3.21.